The van der Waals surface area contributed by atoms with Gasteiger partial charge in [0.15, 0.2) is 5.16 Å². The topological polar surface area (TPSA) is 115 Å². The average molecular weight is 421 g/mol. The summed E-state index contributed by atoms with van der Waals surface area (Å²) in [7, 11) is -3.73. The largest absolute Gasteiger partial charge is 0.382 e. The number of hydrogen-bond acceptors (Lipinski definition) is 8. The Morgan fingerprint density at radius 1 is 1.19 bits per heavy atom. The summed E-state index contributed by atoms with van der Waals surface area (Å²) in [5.74, 6) is -0.213. The van der Waals surface area contributed by atoms with Crippen molar-refractivity contribution in [1.29, 1.82) is 0 Å². The molecule has 0 unspecified atom stereocenters. The molecule has 0 aliphatic heterocycles. The van der Waals surface area contributed by atoms with Gasteiger partial charge in [-0.25, -0.2) is 18.4 Å². The minimum atomic E-state index is -3.73. The molecule has 2 aromatic heterocycles. The molecule has 140 valence electrons. The lowest BCUT2D eigenvalue weighted by molar-refractivity contribution is -0.118. The summed E-state index contributed by atoms with van der Waals surface area (Å²) in [6.07, 6.45) is 1.18. The van der Waals surface area contributed by atoms with Crippen LogP contribution in [0.4, 0.5) is 5.82 Å². The average Bonchev–Trinajstić information content (AvgIpc) is 3.21. The van der Waals surface area contributed by atoms with Gasteiger partial charge in [-0.05, 0) is 17.0 Å². The number of carbonyl (C=O) groups excluding carboxylic acids is 1. The van der Waals surface area contributed by atoms with Crippen molar-refractivity contribution in [2.24, 2.45) is 0 Å². The first-order valence-corrected chi connectivity index (χ1v) is 11.2. The van der Waals surface area contributed by atoms with Gasteiger partial charge in [0, 0.05) is 6.54 Å². The van der Waals surface area contributed by atoms with Crippen LogP contribution in [0.2, 0.25) is 0 Å². The van der Waals surface area contributed by atoms with Gasteiger partial charge in [-0.1, -0.05) is 48.2 Å². The van der Waals surface area contributed by atoms with E-state index in [4.69, 9.17) is 5.73 Å². The fourth-order valence-electron chi connectivity index (χ4n) is 2.15. The predicted octanol–water partition coefficient (Wildman–Crippen LogP) is 2.36. The quantitative estimate of drug-likeness (QED) is 0.445. The van der Waals surface area contributed by atoms with Crippen LogP contribution in [-0.4, -0.2) is 30.0 Å². The zero-order valence-corrected chi connectivity index (χ0v) is 16.5. The number of benzene rings is 1. The summed E-state index contributed by atoms with van der Waals surface area (Å²) in [5, 5.41) is 4.71. The lowest BCUT2D eigenvalue weighted by Gasteiger charge is -2.07. The number of rotatable bonds is 7. The van der Waals surface area contributed by atoms with E-state index in [1.807, 2.05) is 30.3 Å². The number of sulfone groups is 1. The van der Waals surface area contributed by atoms with Gasteiger partial charge in [0.2, 0.25) is 15.7 Å². The summed E-state index contributed by atoms with van der Waals surface area (Å²) in [6.45, 7) is 0.432. The molecule has 0 atom stereocenters. The molecule has 0 aliphatic rings. The van der Waals surface area contributed by atoms with Crippen molar-refractivity contribution >= 4 is 44.7 Å². The Balaban J connectivity index is 1.60. The summed E-state index contributed by atoms with van der Waals surface area (Å²) in [5.41, 5.74) is 6.81. The highest BCUT2D eigenvalue weighted by Crippen LogP contribution is 2.28. The lowest BCUT2D eigenvalue weighted by atomic mass is 10.2. The molecular weight excluding hydrogens is 404 g/mol. The number of nitrogen functional groups attached to an aromatic ring is 1. The van der Waals surface area contributed by atoms with Crippen LogP contribution in [0.3, 0.4) is 0 Å². The number of thioether (sulfide) groups is 1. The molecule has 1 amide bonds. The molecule has 1 aromatic carbocycles. The molecule has 0 saturated heterocycles. The molecule has 10 heteroatoms. The molecule has 0 aliphatic carbocycles. The first kappa shape index (κ1) is 19.3. The standard InChI is InChI=1S/C17H16N4O3S3/c18-16-13(27(23,24)15-7-4-8-25-15)10-20-17(21-16)26-11-14(22)19-9-12-5-2-1-3-6-12/h1-8,10H,9,11H2,(H,19,22)(H2,18,20,21). The van der Waals surface area contributed by atoms with Crippen molar-refractivity contribution in [2.45, 2.75) is 20.8 Å². The van der Waals surface area contributed by atoms with Crippen LogP contribution >= 0.6 is 23.1 Å². The van der Waals surface area contributed by atoms with Crippen molar-refractivity contribution < 1.29 is 13.2 Å². The summed E-state index contributed by atoms with van der Waals surface area (Å²) in [4.78, 5) is 19.8. The maximum Gasteiger partial charge on any atom is 0.230 e. The van der Waals surface area contributed by atoms with Crippen LogP contribution in [0.5, 0.6) is 0 Å². The Bertz CT molecular complexity index is 1020. The van der Waals surface area contributed by atoms with E-state index in [-0.39, 0.29) is 31.7 Å². The first-order chi connectivity index (χ1) is 13.0. The van der Waals surface area contributed by atoms with Crippen molar-refractivity contribution in [3.05, 3.63) is 59.6 Å². The molecule has 3 rings (SSSR count). The van der Waals surface area contributed by atoms with Gasteiger partial charge >= 0.3 is 0 Å². The zero-order chi connectivity index (χ0) is 19.3. The van der Waals surface area contributed by atoms with Gasteiger partial charge in [0.05, 0.1) is 11.9 Å². The maximum atomic E-state index is 12.5. The van der Waals surface area contributed by atoms with Gasteiger partial charge in [-0.15, -0.1) is 11.3 Å². The Kier molecular flexibility index (Phi) is 6.09. The molecule has 0 saturated carbocycles. The Hall–Kier alpha value is -2.43. The molecular formula is C17H16N4O3S3. The van der Waals surface area contributed by atoms with E-state index in [0.717, 1.165) is 28.7 Å². The second kappa shape index (κ2) is 8.51. The minimum Gasteiger partial charge on any atom is -0.382 e. The highest BCUT2D eigenvalue weighted by atomic mass is 32.2. The third-order valence-electron chi connectivity index (χ3n) is 3.48. The molecule has 27 heavy (non-hydrogen) atoms. The number of carbonyl (C=O) groups is 1. The van der Waals surface area contributed by atoms with Gasteiger partial charge in [0.1, 0.15) is 14.9 Å². The lowest BCUT2D eigenvalue weighted by Crippen LogP contribution is -2.24. The van der Waals surface area contributed by atoms with Crippen molar-refractivity contribution in [2.75, 3.05) is 11.5 Å². The van der Waals surface area contributed by atoms with E-state index in [0.29, 0.717) is 6.54 Å². The van der Waals surface area contributed by atoms with E-state index < -0.39 is 9.84 Å². The monoisotopic (exact) mass is 420 g/mol. The number of amides is 1. The van der Waals surface area contributed by atoms with Crippen LogP contribution in [0.25, 0.3) is 0 Å². The van der Waals surface area contributed by atoms with Crippen LogP contribution in [0, 0.1) is 0 Å². The number of nitrogens with two attached hydrogens (primary N) is 1. The van der Waals surface area contributed by atoms with Crippen LogP contribution in [-0.2, 0) is 21.2 Å². The molecule has 0 bridgehead atoms. The molecule has 0 radical (unpaired) electrons. The van der Waals surface area contributed by atoms with Crippen LogP contribution in [0.1, 0.15) is 5.56 Å². The van der Waals surface area contributed by atoms with E-state index in [1.165, 1.54) is 12.3 Å². The molecule has 3 N–H and O–H groups in total. The van der Waals surface area contributed by atoms with Crippen molar-refractivity contribution in [3.63, 3.8) is 0 Å². The number of nitrogens with one attached hydrogen (secondary N) is 1. The predicted molar refractivity (Wildman–Crippen MR) is 105 cm³/mol. The normalized spacial score (nSPS) is 11.3. The van der Waals surface area contributed by atoms with E-state index in [1.54, 1.807) is 11.4 Å². The number of hydrogen-bond donors (Lipinski definition) is 2. The molecule has 2 heterocycles. The highest BCUT2D eigenvalue weighted by molar-refractivity contribution is 7.99. The van der Waals surface area contributed by atoms with E-state index in [2.05, 4.69) is 15.3 Å². The van der Waals surface area contributed by atoms with Gasteiger partial charge in [0.25, 0.3) is 0 Å². The number of anilines is 1. The highest BCUT2D eigenvalue weighted by Gasteiger charge is 2.23. The SMILES string of the molecule is Nc1nc(SCC(=O)NCc2ccccc2)ncc1S(=O)(=O)c1cccs1. The van der Waals surface area contributed by atoms with E-state index >= 15 is 0 Å². The molecule has 7 nitrogen and oxygen atoms in total. The van der Waals surface area contributed by atoms with Crippen LogP contribution < -0.4 is 11.1 Å². The Morgan fingerprint density at radius 2 is 1.96 bits per heavy atom. The number of thiophene rings is 1. The van der Waals surface area contributed by atoms with Crippen LogP contribution in [0.15, 0.2) is 68.3 Å². The summed E-state index contributed by atoms with van der Waals surface area (Å²) < 4.78 is 25.2. The Morgan fingerprint density at radius 3 is 2.63 bits per heavy atom. The van der Waals surface area contributed by atoms with Gasteiger partial charge < -0.3 is 11.1 Å². The second-order valence-corrected chi connectivity index (χ2v) is 9.42. The third-order valence-corrected chi connectivity index (χ3v) is 7.50. The summed E-state index contributed by atoms with van der Waals surface area (Å²) >= 11 is 2.19. The molecule has 0 spiro atoms. The van der Waals surface area contributed by atoms with Crippen molar-refractivity contribution in [1.82, 2.24) is 15.3 Å². The fraction of sp³-hybridized carbons (Fsp3) is 0.118. The van der Waals surface area contributed by atoms with E-state index in [9.17, 15) is 13.2 Å². The fourth-order valence-corrected chi connectivity index (χ4v) is 5.18. The number of nitrogens with zero attached hydrogens (tertiary/aromatic N) is 2. The van der Waals surface area contributed by atoms with Crippen molar-refractivity contribution in [3.8, 4) is 0 Å². The molecule has 3 aromatic rings. The smallest absolute Gasteiger partial charge is 0.230 e. The second-order valence-electron chi connectivity index (χ2n) is 5.39. The third kappa shape index (κ3) is 4.85. The molecule has 0 fully saturated rings. The minimum absolute atomic E-state index is 0.100. The first-order valence-electron chi connectivity index (χ1n) is 7.81. The van der Waals surface area contributed by atoms with Gasteiger partial charge in [-0.2, -0.15) is 0 Å². The summed E-state index contributed by atoms with van der Waals surface area (Å²) in [6, 6.07) is 12.7. The zero-order valence-electron chi connectivity index (χ0n) is 14.0. The maximum absolute atomic E-state index is 12.5. The van der Waals surface area contributed by atoms with Gasteiger partial charge in [-0.3, -0.25) is 4.79 Å². The Labute approximate surface area is 165 Å². The number of aromatic nitrogens is 2.